The number of hydrogen-bond donors (Lipinski definition) is 2. The zero-order valence-electron chi connectivity index (χ0n) is 10.4. The number of allylic oxidation sites excluding steroid dienone is 1. The fraction of sp³-hybridized carbons (Fsp3) is 0.286. The Hall–Kier alpha value is -1.68. The van der Waals surface area contributed by atoms with E-state index in [0.717, 1.165) is 29.7 Å². The van der Waals surface area contributed by atoms with E-state index in [1.165, 1.54) is 12.1 Å². The van der Waals surface area contributed by atoms with Crippen molar-refractivity contribution in [2.24, 2.45) is 4.99 Å². The highest BCUT2D eigenvalue weighted by molar-refractivity contribution is 6.17. The van der Waals surface area contributed by atoms with E-state index >= 15 is 0 Å². The second-order valence-corrected chi connectivity index (χ2v) is 4.62. The summed E-state index contributed by atoms with van der Waals surface area (Å²) in [5.41, 5.74) is 2.75. The van der Waals surface area contributed by atoms with Gasteiger partial charge in [-0.1, -0.05) is 12.1 Å². The number of alkyl halides is 1. The molecule has 1 aliphatic carbocycles. The minimum atomic E-state index is -0.252. The van der Waals surface area contributed by atoms with Gasteiger partial charge in [-0.05, 0) is 37.3 Å². The molecule has 0 spiro atoms. The molecule has 0 amide bonds. The minimum absolute atomic E-state index is 0.108. The molecule has 0 radical (unpaired) electrons. The van der Waals surface area contributed by atoms with Crippen LogP contribution in [-0.2, 0) is 0 Å². The van der Waals surface area contributed by atoms with Crippen molar-refractivity contribution in [3.05, 3.63) is 46.9 Å². The van der Waals surface area contributed by atoms with Crippen LogP contribution in [0.1, 0.15) is 24.3 Å². The summed E-state index contributed by atoms with van der Waals surface area (Å²) in [6.45, 7) is 3.39. The highest BCUT2D eigenvalue weighted by Gasteiger charge is 2.28. The summed E-state index contributed by atoms with van der Waals surface area (Å²) in [7, 11) is 0. The zero-order valence-corrected chi connectivity index (χ0v) is 11.2. The molecule has 0 aromatic heterocycles. The van der Waals surface area contributed by atoms with Crippen molar-refractivity contribution < 1.29 is 4.39 Å². The van der Waals surface area contributed by atoms with Crippen LogP contribution in [0.3, 0.4) is 0 Å². The second-order valence-electron chi connectivity index (χ2n) is 4.35. The van der Waals surface area contributed by atoms with Crippen molar-refractivity contribution in [3.8, 4) is 0 Å². The highest BCUT2D eigenvalue weighted by Crippen LogP contribution is 2.38. The Bertz CT molecular complexity index is 522. The van der Waals surface area contributed by atoms with Gasteiger partial charge in [0.1, 0.15) is 11.7 Å². The van der Waals surface area contributed by atoms with Crippen LogP contribution >= 0.6 is 11.6 Å². The molecule has 0 saturated heterocycles. The van der Waals surface area contributed by atoms with Crippen molar-refractivity contribution in [1.82, 2.24) is 5.32 Å². The standard InChI is InChI=1S/C14H15ClFN3/c1-18-14(17)12-7-6-11(13(12)19-8-15)9-2-4-10(16)5-3-9/h2-5,11,17,19H,1,6-8H2. The van der Waals surface area contributed by atoms with Gasteiger partial charge in [0.05, 0.1) is 6.00 Å². The normalized spacial score (nSPS) is 18.5. The van der Waals surface area contributed by atoms with Crippen molar-refractivity contribution in [3.63, 3.8) is 0 Å². The first kappa shape index (κ1) is 13.7. The van der Waals surface area contributed by atoms with Crippen molar-refractivity contribution >= 4 is 24.2 Å². The predicted molar refractivity (Wildman–Crippen MR) is 76.5 cm³/mol. The lowest BCUT2D eigenvalue weighted by Crippen LogP contribution is -2.17. The predicted octanol–water partition coefficient (Wildman–Crippen LogP) is 3.42. The van der Waals surface area contributed by atoms with Gasteiger partial charge < -0.3 is 5.32 Å². The molecule has 5 heteroatoms. The lowest BCUT2D eigenvalue weighted by molar-refractivity contribution is 0.625. The van der Waals surface area contributed by atoms with Gasteiger partial charge in [0, 0.05) is 17.2 Å². The molecular weight excluding hydrogens is 265 g/mol. The van der Waals surface area contributed by atoms with E-state index in [0.29, 0.717) is 0 Å². The van der Waals surface area contributed by atoms with E-state index in [1.807, 2.05) is 0 Å². The van der Waals surface area contributed by atoms with E-state index in [1.54, 1.807) is 12.1 Å². The third-order valence-corrected chi connectivity index (χ3v) is 3.46. The Morgan fingerprint density at radius 1 is 1.47 bits per heavy atom. The lowest BCUT2D eigenvalue weighted by Gasteiger charge is -2.17. The molecular formula is C14H15ClFN3. The van der Waals surface area contributed by atoms with E-state index < -0.39 is 0 Å². The van der Waals surface area contributed by atoms with Crippen molar-refractivity contribution in [2.75, 3.05) is 6.00 Å². The fourth-order valence-electron chi connectivity index (χ4n) is 2.45. The van der Waals surface area contributed by atoms with Crippen LogP contribution in [0.25, 0.3) is 0 Å². The number of hydrogen-bond acceptors (Lipinski definition) is 2. The summed E-state index contributed by atoms with van der Waals surface area (Å²) in [6, 6.07) is 6.69. The fourth-order valence-corrected chi connectivity index (χ4v) is 2.59. The number of halogens is 2. The molecule has 1 aromatic carbocycles. The van der Waals surface area contributed by atoms with Crippen LogP contribution in [0.15, 0.2) is 40.5 Å². The first-order chi connectivity index (χ1) is 9.17. The third kappa shape index (κ3) is 2.84. The van der Waals surface area contributed by atoms with Crippen LogP contribution in [0, 0.1) is 11.2 Å². The summed E-state index contributed by atoms with van der Waals surface area (Å²) in [5.74, 6) is 0.0342. The average Bonchev–Trinajstić information content (AvgIpc) is 2.83. The zero-order chi connectivity index (χ0) is 13.8. The Morgan fingerprint density at radius 3 is 2.74 bits per heavy atom. The van der Waals surface area contributed by atoms with E-state index in [-0.39, 0.29) is 23.6 Å². The molecule has 1 aromatic rings. The topological polar surface area (TPSA) is 48.2 Å². The second kappa shape index (κ2) is 5.97. The number of benzene rings is 1. The van der Waals surface area contributed by atoms with Gasteiger partial charge in [0.25, 0.3) is 0 Å². The Morgan fingerprint density at radius 2 is 2.16 bits per heavy atom. The third-order valence-electron chi connectivity index (χ3n) is 3.33. The summed E-state index contributed by atoms with van der Waals surface area (Å²) < 4.78 is 13.0. The molecule has 19 heavy (non-hydrogen) atoms. The lowest BCUT2D eigenvalue weighted by atomic mass is 9.96. The van der Waals surface area contributed by atoms with Crippen LogP contribution < -0.4 is 5.32 Å². The van der Waals surface area contributed by atoms with Crippen molar-refractivity contribution in [2.45, 2.75) is 18.8 Å². The summed E-state index contributed by atoms with van der Waals surface area (Å²) in [4.78, 5) is 3.68. The van der Waals surface area contributed by atoms with Gasteiger partial charge in [0.15, 0.2) is 0 Å². The molecule has 1 atom stereocenters. The average molecular weight is 280 g/mol. The summed E-state index contributed by atoms with van der Waals surface area (Å²) in [6.07, 6.45) is 1.61. The van der Waals surface area contributed by atoms with Crippen LogP contribution in [0.2, 0.25) is 0 Å². The molecule has 3 nitrogen and oxygen atoms in total. The number of nitrogens with one attached hydrogen (secondary N) is 2. The largest absolute Gasteiger partial charge is 0.374 e. The molecule has 2 rings (SSSR count). The van der Waals surface area contributed by atoms with Gasteiger partial charge in [-0.3, -0.25) is 5.41 Å². The molecule has 0 aliphatic heterocycles. The number of rotatable bonds is 4. The van der Waals surface area contributed by atoms with Crippen molar-refractivity contribution in [1.29, 1.82) is 5.41 Å². The van der Waals surface area contributed by atoms with E-state index in [9.17, 15) is 4.39 Å². The number of aliphatic imine (C=N–C) groups is 1. The van der Waals surface area contributed by atoms with E-state index in [2.05, 4.69) is 17.0 Å². The maximum absolute atomic E-state index is 13.0. The molecule has 2 N–H and O–H groups in total. The molecule has 0 heterocycles. The minimum Gasteiger partial charge on any atom is -0.374 e. The van der Waals surface area contributed by atoms with Gasteiger partial charge in [-0.25, -0.2) is 9.38 Å². The summed E-state index contributed by atoms with van der Waals surface area (Å²) in [5, 5.41) is 10.9. The quantitative estimate of drug-likeness (QED) is 0.377. The Balaban J connectivity index is 2.35. The SMILES string of the molecule is C=NC(=N)C1=C(NCCl)C(c2ccc(F)cc2)CC1. The van der Waals surface area contributed by atoms with Gasteiger partial charge in [-0.2, -0.15) is 0 Å². The van der Waals surface area contributed by atoms with Crippen LogP contribution in [0.5, 0.6) is 0 Å². The Kier molecular flexibility index (Phi) is 4.32. The molecule has 0 bridgehead atoms. The molecule has 1 aliphatic rings. The van der Waals surface area contributed by atoms with Gasteiger partial charge in [0.2, 0.25) is 0 Å². The first-order valence-corrected chi connectivity index (χ1v) is 6.54. The molecule has 0 fully saturated rings. The monoisotopic (exact) mass is 279 g/mol. The maximum Gasteiger partial charge on any atom is 0.148 e. The Labute approximate surface area is 116 Å². The van der Waals surface area contributed by atoms with Gasteiger partial charge >= 0.3 is 0 Å². The molecule has 1 unspecified atom stereocenters. The maximum atomic E-state index is 13.0. The molecule has 0 saturated carbocycles. The van der Waals surface area contributed by atoms with Gasteiger partial charge in [-0.15, -0.1) is 11.6 Å². The number of amidine groups is 1. The van der Waals surface area contributed by atoms with E-state index in [4.69, 9.17) is 17.0 Å². The molecule has 100 valence electrons. The number of nitrogens with zero attached hydrogens (tertiary/aromatic N) is 1. The first-order valence-electron chi connectivity index (χ1n) is 6.01. The van der Waals surface area contributed by atoms with Crippen LogP contribution in [-0.4, -0.2) is 18.6 Å². The summed E-state index contributed by atoms with van der Waals surface area (Å²) >= 11 is 5.75. The highest BCUT2D eigenvalue weighted by atomic mass is 35.5. The van der Waals surface area contributed by atoms with Crippen LogP contribution in [0.4, 0.5) is 4.39 Å². The smallest absolute Gasteiger partial charge is 0.148 e.